The van der Waals surface area contributed by atoms with E-state index in [0.29, 0.717) is 28.7 Å². The van der Waals surface area contributed by atoms with E-state index in [1.165, 1.54) is 6.42 Å². The summed E-state index contributed by atoms with van der Waals surface area (Å²) in [5.74, 6) is 2.39. The Morgan fingerprint density at radius 3 is 2.64 bits per heavy atom. The Labute approximate surface area is 165 Å². The first-order valence-electron chi connectivity index (χ1n) is 10.0. The lowest BCUT2D eigenvalue weighted by atomic mass is 9.64. The van der Waals surface area contributed by atoms with Crippen LogP contribution in [0.15, 0.2) is 45.6 Å². The topological polar surface area (TPSA) is 48.7 Å². The van der Waals surface area contributed by atoms with Gasteiger partial charge >= 0.3 is 5.63 Å². The maximum Gasteiger partial charge on any atom is 0.347 e. The van der Waals surface area contributed by atoms with Crippen LogP contribution in [0.4, 0.5) is 0 Å². The molecule has 0 amide bonds. The number of benzene rings is 1. The first kappa shape index (κ1) is 17.6. The van der Waals surface area contributed by atoms with Crippen molar-refractivity contribution in [1.29, 1.82) is 0 Å². The molecular formula is C24H26O4. The highest BCUT2D eigenvalue weighted by Crippen LogP contribution is 2.71. The summed E-state index contributed by atoms with van der Waals surface area (Å²) in [7, 11) is 1.61. The molecule has 1 spiro atoms. The van der Waals surface area contributed by atoms with E-state index in [-0.39, 0.29) is 22.1 Å². The summed E-state index contributed by atoms with van der Waals surface area (Å²) in [6.07, 6.45) is 7.43. The van der Waals surface area contributed by atoms with Crippen molar-refractivity contribution >= 4 is 6.08 Å². The zero-order valence-corrected chi connectivity index (χ0v) is 16.9. The number of para-hydroxylation sites is 1. The van der Waals surface area contributed by atoms with Crippen molar-refractivity contribution < 1.29 is 13.9 Å². The fourth-order valence-corrected chi connectivity index (χ4v) is 5.85. The van der Waals surface area contributed by atoms with E-state index in [4.69, 9.17) is 13.9 Å². The summed E-state index contributed by atoms with van der Waals surface area (Å²) in [5.41, 5.74) is 0.749. The molecule has 2 heterocycles. The quantitative estimate of drug-likeness (QED) is 0.711. The average Bonchev–Trinajstić information content (AvgIpc) is 2.99. The normalized spacial score (nSPS) is 31.6. The summed E-state index contributed by atoms with van der Waals surface area (Å²) in [6, 6.07) is 9.39. The molecule has 1 aromatic carbocycles. The van der Waals surface area contributed by atoms with Crippen LogP contribution in [0.1, 0.15) is 45.6 Å². The Bertz CT molecular complexity index is 1050. The Morgan fingerprint density at radius 1 is 1.18 bits per heavy atom. The third-order valence-electron chi connectivity index (χ3n) is 8.05. The second-order valence-corrected chi connectivity index (χ2v) is 9.19. The summed E-state index contributed by atoms with van der Waals surface area (Å²) in [4.78, 5) is 12.7. The minimum absolute atomic E-state index is 0.0412. The Balaban J connectivity index is 1.63. The second-order valence-electron chi connectivity index (χ2n) is 9.19. The molecule has 2 bridgehead atoms. The van der Waals surface area contributed by atoms with Gasteiger partial charge in [-0.1, -0.05) is 32.9 Å². The van der Waals surface area contributed by atoms with Gasteiger partial charge in [-0.05, 0) is 54.9 Å². The molecule has 0 saturated heterocycles. The predicted octanol–water partition coefficient (Wildman–Crippen LogP) is 5.31. The maximum absolute atomic E-state index is 12.7. The van der Waals surface area contributed by atoms with Gasteiger partial charge in [0.2, 0.25) is 0 Å². The lowest BCUT2D eigenvalue weighted by molar-refractivity contribution is -0.0325. The lowest BCUT2D eigenvalue weighted by Crippen LogP contribution is -2.51. The molecule has 2 fully saturated rings. The van der Waals surface area contributed by atoms with Gasteiger partial charge in [-0.15, -0.1) is 0 Å². The van der Waals surface area contributed by atoms with Crippen molar-refractivity contribution in [3.63, 3.8) is 0 Å². The second kappa shape index (κ2) is 5.53. The van der Waals surface area contributed by atoms with Crippen LogP contribution >= 0.6 is 0 Å². The van der Waals surface area contributed by atoms with Crippen molar-refractivity contribution in [2.24, 2.45) is 16.7 Å². The Morgan fingerprint density at radius 2 is 1.96 bits per heavy atom. The highest BCUT2D eigenvalue weighted by molar-refractivity contribution is 5.70. The summed E-state index contributed by atoms with van der Waals surface area (Å²) < 4.78 is 17.7. The van der Waals surface area contributed by atoms with Crippen molar-refractivity contribution in [2.75, 3.05) is 7.11 Å². The van der Waals surface area contributed by atoms with Crippen LogP contribution in [0.25, 0.3) is 17.4 Å². The molecular weight excluding hydrogens is 352 g/mol. The fourth-order valence-electron chi connectivity index (χ4n) is 5.85. The van der Waals surface area contributed by atoms with Crippen molar-refractivity contribution in [3.05, 3.63) is 52.4 Å². The smallest absolute Gasteiger partial charge is 0.347 e. The van der Waals surface area contributed by atoms with Crippen molar-refractivity contribution in [3.8, 4) is 22.8 Å². The largest absolute Gasteiger partial charge is 0.496 e. The monoisotopic (exact) mass is 378 g/mol. The highest BCUT2D eigenvalue weighted by Gasteiger charge is 2.69. The van der Waals surface area contributed by atoms with Crippen molar-refractivity contribution in [2.45, 2.75) is 45.6 Å². The van der Waals surface area contributed by atoms with E-state index in [2.05, 4.69) is 26.8 Å². The van der Waals surface area contributed by atoms with Gasteiger partial charge in [-0.25, -0.2) is 4.79 Å². The number of methoxy groups -OCH3 is 1. The van der Waals surface area contributed by atoms with Gasteiger partial charge in [0, 0.05) is 11.5 Å². The van der Waals surface area contributed by atoms with E-state index in [1.54, 1.807) is 7.11 Å². The molecule has 3 unspecified atom stereocenters. The lowest BCUT2D eigenvalue weighted by Gasteiger charge is -2.48. The van der Waals surface area contributed by atoms with Gasteiger partial charge in [0.25, 0.3) is 0 Å². The minimum atomic E-state index is -0.378. The summed E-state index contributed by atoms with van der Waals surface area (Å²) in [6.45, 7) is 7.08. The molecule has 0 radical (unpaired) electrons. The molecule has 2 saturated carbocycles. The van der Waals surface area contributed by atoms with E-state index in [9.17, 15) is 4.79 Å². The first-order chi connectivity index (χ1) is 13.3. The molecule has 1 aromatic heterocycles. The molecule has 0 N–H and O–H groups in total. The van der Waals surface area contributed by atoms with Gasteiger partial charge in [0.05, 0.1) is 12.7 Å². The Kier molecular flexibility index (Phi) is 3.47. The standard InChI is InChI=1S/C24H26O4/c1-22(2)15-9-11-23(22,3)24(14-15)12-10-17-20(28-24)13-19(27-21(17)25)16-7-5-6-8-18(16)26-4/h5-8,10,12-13,15H,9,11,14H2,1-4H3. The molecule has 1 aliphatic heterocycles. The molecule has 3 aliphatic rings. The number of ether oxygens (including phenoxy) is 2. The van der Waals surface area contributed by atoms with E-state index >= 15 is 0 Å². The van der Waals surface area contributed by atoms with E-state index < -0.39 is 0 Å². The molecule has 146 valence electrons. The van der Waals surface area contributed by atoms with Crippen LogP contribution in [0.2, 0.25) is 0 Å². The van der Waals surface area contributed by atoms with Crippen LogP contribution in [0, 0.1) is 16.7 Å². The third-order valence-corrected chi connectivity index (χ3v) is 8.05. The zero-order chi connectivity index (χ0) is 19.7. The number of hydrogen-bond acceptors (Lipinski definition) is 4. The highest BCUT2D eigenvalue weighted by atomic mass is 16.5. The first-order valence-corrected chi connectivity index (χ1v) is 10.0. The number of rotatable bonds is 2. The van der Waals surface area contributed by atoms with Crippen molar-refractivity contribution in [1.82, 2.24) is 0 Å². The molecule has 4 nitrogen and oxygen atoms in total. The molecule has 5 rings (SSSR count). The van der Waals surface area contributed by atoms with E-state index in [0.717, 1.165) is 18.4 Å². The molecule has 2 aromatic rings. The molecule has 2 aliphatic carbocycles. The maximum atomic E-state index is 12.7. The van der Waals surface area contributed by atoms with Crippen LogP contribution in [0.5, 0.6) is 11.5 Å². The number of hydrogen-bond donors (Lipinski definition) is 0. The Hall–Kier alpha value is -2.49. The zero-order valence-electron chi connectivity index (χ0n) is 16.9. The van der Waals surface area contributed by atoms with Gasteiger partial charge in [0.15, 0.2) is 0 Å². The average molecular weight is 378 g/mol. The van der Waals surface area contributed by atoms with Crippen LogP contribution < -0.4 is 15.1 Å². The summed E-state index contributed by atoms with van der Waals surface area (Å²) in [5, 5.41) is 0. The van der Waals surface area contributed by atoms with Crippen LogP contribution in [-0.4, -0.2) is 12.7 Å². The third kappa shape index (κ3) is 2.04. The predicted molar refractivity (Wildman–Crippen MR) is 109 cm³/mol. The van der Waals surface area contributed by atoms with E-state index in [1.807, 2.05) is 36.4 Å². The minimum Gasteiger partial charge on any atom is -0.496 e. The van der Waals surface area contributed by atoms with Gasteiger partial charge in [0.1, 0.15) is 28.4 Å². The van der Waals surface area contributed by atoms with Gasteiger partial charge in [-0.3, -0.25) is 0 Å². The molecule has 4 heteroatoms. The summed E-state index contributed by atoms with van der Waals surface area (Å²) >= 11 is 0. The SMILES string of the molecule is COc1ccccc1-c1cc2c(c(=O)o1)C=CC1(CC3CCC1(C)C3(C)C)O2. The van der Waals surface area contributed by atoms with Gasteiger partial charge < -0.3 is 13.9 Å². The number of fused-ring (bicyclic) bond motifs is 4. The van der Waals surface area contributed by atoms with Crippen LogP contribution in [-0.2, 0) is 0 Å². The molecule has 28 heavy (non-hydrogen) atoms. The fraction of sp³-hybridized carbons (Fsp3) is 0.458. The molecule has 3 atom stereocenters. The van der Waals surface area contributed by atoms with Gasteiger partial charge in [-0.2, -0.15) is 0 Å². The van der Waals surface area contributed by atoms with Crippen LogP contribution in [0.3, 0.4) is 0 Å².